The Morgan fingerprint density at radius 2 is 2.19 bits per heavy atom. The summed E-state index contributed by atoms with van der Waals surface area (Å²) < 4.78 is 1.07. The zero-order chi connectivity index (χ0) is 11.7. The van der Waals surface area contributed by atoms with Crippen LogP contribution in [0.25, 0.3) is 10.9 Å². The molecule has 1 aromatic heterocycles. The largest absolute Gasteiger partial charge is 0.358 e. The number of rotatable bonds is 3. The van der Waals surface area contributed by atoms with Crippen molar-refractivity contribution in [1.29, 1.82) is 0 Å². The molecule has 2 aromatic rings. The SMILES string of the molecule is CC(=O)CCc1c(C)[nH]c2ccc(Br)cc12. The molecule has 0 fully saturated rings. The summed E-state index contributed by atoms with van der Waals surface area (Å²) in [5.41, 5.74) is 3.56. The zero-order valence-corrected chi connectivity index (χ0v) is 11.0. The van der Waals surface area contributed by atoms with Gasteiger partial charge in [0, 0.05) is 27.5 Å². The second kappa shape index (κ2) is 4.42. The molecule has 84 valence electrons. The maximum Gasteiger partial charge on any atom is 0.130 e. The highest BCUT2D eigenvalue weighted by Gasteiger charge is 2.09. The van der Waals surface area contributed by atoms with Crippen LogP contribution in [0.3, 0.4) is 0 Å². The van der Waals surface area contributed by atoms with Gasteiger partial charge in [0.2, 0.25) is 0 Å². The number of hydrogen-bond donors (Lipinski definition) is 1. The van der Waals surface area contributed by atoms with Crippen LogP contribution in [0.2, 0.25) is 0 Å². The van der Waals surface area contributed by atoms with Crippen molar-refractivity contribution in [3.05, 3.63) is 33.9 Å². The lowest BCUT2D eigenvalue weighted by atomic mass is 10.0. The van der Waals surface area contributed by atoms with Gasteiger partial charge in [0.15, 0.2) is 0 Å². The summed E-state index contributed by atoms with van der Waals surface area (Å²) in [5, 5.41) is 1.22. The van der Waals surface area contributed by atoms with Crippen LogP contribution in [-0.4, -0.2) is 10.8 Å². The minimum atomic E-state index is 0.240. The number of hydrogen-bond acceptors (Lipinski definition) is 1. The summed E-state index contributed by atoms with van der Waals surface area (Å²) in [6.07, 6.45) is 1.43. The number of Topliss-reactive ketones (excluding diaryl/α,β-unsaturated/α-hetero) is 1. The van der Waals surface area contributed by atoms with Crippen molar-refractivity contribution in [3.8, 4) is 0 Å². The maximum absolute atomic E-state index is 11.0. The number of carbonyl (C=O) groups excluding carboxylic acids is 1. The van der Waals surface area contributed by atoms with E-state index in [1.807, 2.05) is 6.07 Å². The Morgan fingerprint density at radius 3 is 2.88 bits per heavy atom. The highest BCUT2D eigenvalue weighted by molar-refractivity contribution is 9.10. The van der Waals surface area contributed by atoms with Gasteiger partial charge in [-0.15, -0.1) is 0 Å². The molecule has 0 bridgehead atoms. The van der Waals surface area contributed by atoms with E-state index in [0.717, 1.165) is 22.1 Å². The molecule has 1 aromatic carbocycles. The molecule has 3 heteroatoms. The number of H-pyrrole nitrogens is 1. The van der Waals surface area contributed by atoms with E-state index in [1.165, 1.54) is 10.9 Å². The number of nitrogens with one attached hydrogen (secondary N) is 1. The fourth-order valence-corrected chi connectivity index (χ4v) is 2.34. The number of halogens is 1. The highest BCUT2D eigenvalue weighted by Crippen LogP contribution is 2.26. The molecule has 0 saturated heterocycles. The van der Waals surface area contributed by atoms with Crippen molar-refractivity contribution in [2.24, 2.45) is 0 Å². The molecule has 2 rings (SSSR count). The lowest BCUT2D eigenvalue weighted by Crippen LogP contribution is -1.94. The molecule has 1 heterocycles. The Hall–Kier alpha value is -1.09. The Labute approximate surface area is 103 Å². The van der Waals surface area contributed by atoms with Gasteiger partial charge >= 0.3 is 0 Å². The van der Waals surface area contributed by atoms with Gasteiger partial charge in [-0.05, 0) is 44.0 Å². The number of ketones is 1. The molecule has 0 unspecified atom stereocenters. The second-order valence-electron chi connectivity index (χ2n) is 4.12. The van der Waals surface area contributed by atoms with Crippen LogP contribution in [0, 0.1) is 6.92 Å². The number of aromatic amines is 1. The normalized spacial score (nSPS) is 10.9. The summed E-state index contributed by atoms with van der Waals surface area (Å²) in [7, 11) is 0. The van der Waals surface area contributed by atoms with Gasteiger partial charge in [-0.25, -0.2) is 0 Å². The summed E-state index contributed by atoms with van der Waals surface area (Å²) in [4.78, 5) is 14.4. The van der Waals surface area contributed by atoms with E-state index in [-0.39, 0.29) is 5.78 Å². The van der Waals surface area contributed by atoms with Gasteiger partial charge in [-0.2, -0.15) is 0 Å². The van der Waals surface area contributed by atoms with Crippen LogP contribution in [0.5, 0.6) is 0 Å². The quantitative estimate of drug-likeness (QED) is 0.912. The van der Waals surface area contributed by atoms with Gasteiger partial charge < -0.3 is 9.78 Å². The van der Waals surface area contributed by atoms with Crippen molar-refractivity contribution in [3.63, 3.8) is 0 Å². The van der Waals surface area contributed by atoms with Crippen molar-refractivity contribution in [2.45, 2.75) is 26.7 Å². The van der Waals surface area contributed by atoms with E-state index < -0.39 is 0 Å². The van der Waals surface area contributed by atoms with E-state index in [4.69, 9.17) is 0 Å². The summed E-state index contributed by atoms with van der Waals surface area (Å²) in [5.74, 6) is 0.240. The topological polar surface area (TPSA) is 32.9 Å². The Kier molecular flexibility index (Phi) is 3.15. The number of fused-ring (bicyclic) bond motifs is 1. The highest BCUT2D eigenvalue weighted by atomic mass is 79.9. The molecule has 16 heavy (non-hydrogen) atoms. The van der Waals surface area contributed by atoms with Gasteiger partial charge in [0.1, 0.15) is 5.78 Å². The van der Waals surface area contributed by atoms with Crippen LogP contribution in [-0.2, 0) is 11.2 Å². The van der Waals surface area contributed by atoms with E-state index in [9.17, 15) is 4.79 Å². The summed E-state index contributed by atoms with van der Waals surface area (Å²) >= 11 is 3.48. The van der Waals surface area contributed by atoms with Crippen molar-refractivity contribution < 1.29 is 4.79 Å². The first-order valence-corrected chi connectivity index (χ1v) is 6.13. The number of carbonyl (C=O) groups is 1. The molecule has 2 nitrogen and oxygen atoms in total. The number of aryl methyl sites for hydroxylation is 2. The molecular weight excluding hydrogens is 266 g/mol. The van der Waals surface area contributed by atoms with E-state index in [0.29, 0.717) is 6.42 Å². The summed E-state index contributed by atoms with van der Waals surface area (Å²) in [6.45, 7) is 3.70. The van der Waals surface area contributed by atoms with Gasteiger partial charge in [0.25, 0.3) is 0 Å². The minimum absolute atomic E-state index is 0.240. The monoisotopic (exact) mass is 279 g/mol. The molecule has 0 spiro atoms. The molecule has 0 aliphatic heterocycles. The average Bonchev–Trinajstić information content (AvgIpc) is 2.51. The van der Waals surface area contributed by atoms with Crippen molar-refractivity contribution in [2.75, 3.05) is 0 Å². The molecule has 0 aliphatic carbocycles. The third-order valence-electron chi connectivity index (χ3n) is 2.81. The predicted molar refractivity (Wildman–Crippen MR) is 69.7 cm³/mol. The van der Waals surface area contributed by atoms with Gasteiger partial charge in [-0.1, -0.05) is 15.9 Å². The first kappa shape index (κ1) is 11.4. The van der Waals surface area contributed by atoms with Crippen LogP contribution in [0.15, 0.2) is 22.7 Å². The molecule has 0 amide bonds. The standard InChI is InChI=1S/C13H14BrNO/c1-8(16)3-5-11-9(2)15-13-6-4-10(14)7-12(11)13/h4,6-7,15H,3,5H2,1-2H3. The van der Waals surface area contributed by atoms with Crippen molar-refractivity contribution in [1.82, 2.24) is 4.98 Å². The van der Waals surface area contributed by atoms with E-state index in [1.54, 1.807) is 6.92 Å². The lowest BCUT2D eigenvalue weighted by Gasteiger charge is -1.99. The Morgan fingerprint density at radius 1 is 1.44 bits per heavy atom. The fraction of sp³-hybridized carbons (Fsp3) is 0.308. The van der Waals surface area contributed by atoms with E-state index >= 15 is 0 Å². The van der Waals surface area contributed by atoms with Crippen LogP contribution in [0.4, 0.5) is 0 Å². The third-order valence-corrected chi connectivity index (χ3v) is 3.30. The predicted octanol–water partition coefficient (Wildman–Crippen LogP) is 3.76. The second-order valence-corrected chi connectivity index (χ2v) is 5.04. The number of benzene rings is 1. The third kappa shape index (κ3) is 2.19. The first-order valence-electron chi connectivity index (χ1n) is 5.34. The average molecular weight is 280 g/mol. The lowest BCUT2D eigenvalue weighted by molar-refractivity contribution is -0.116. The van der Waals surface area contributed by atoms with Crippen LogP contribution >= 0.6 is 15.9 Å². The smallest absolute Gasteiger partial charge is 0.130 e. The number of aromatic nitrogens is 1. The van der Waals surface area contributed by atoms with Gasteiger partial charge in [0.05, 0.1) is 0 Å². The van der Waals surface area contributed by atoms with Crippen molar-refractivity contribution >= 4 is 32.6 Å². The molecule has 0 atom stereocenters. The molecular formula is C13H14BrNO. The van der Waals surface area contributed by atoms with Crippen LogP contribution in [0.1, 0.15) is 24.6 Å². The molecule has 1 N–H and O–H groups in total. The minimum Gasteiger partial charge on any atom is -0.358 e. The molecule has 0 saturated carbocycles. The van der Waals surface area contributed by atoms with Gasteiger partial charge in [-0.3, -0.25) is 0 Å². The first-order chi connectivity index (χ1) is 7.58. The Balaban J connectivity index is 2.45. The Bertz CT molecular complexity index is 542. The van der Waals surface area contributed by atoms with E-state index in [2.05, 4.69) is 40.0 Å². The molecule has 0 aliphatic rings. The zero-order valence-electron chi connectivity index (χ0n) is 9.43. The van der Waals surface area contributed by atoms with Crippen LogP contribution < -0.4 is 0 Å². The molecule has 0 radical (unpaired) electrons. The summed E-state index contributed by atoms with van der Waals surface area (Å²) in [6, 6.07) is 6.19. The maximum atomic E-state index is 11.0. The fourth-order valence-electron chi connectivity index (χ4n) is 1.98.